The zero-order valence-corrected chi connectivity index (χ0v) is 10.3. The van der Waals surface area contributed by atoms with E-state index in [2.05, 4.69) is 18.3 Å². The molecule has 3 N–H and O–H groups in total. The van der Waals surface area contributed by atoms with Crippen molar-refractivity contribution < 1.29 is 4.79 Å². The van der Waals surface area contributed by atoms with Crippen molar-refractivity contribution in [3.8, 4) is 11.1 Å². The Morgan fingerprint density at radius 3 is 2.50 bits per heavy atom. The molecule has 3 heteroatoms. The molecule has 0 atom stereocenters. The summed E-state index contributed by atoms with van der Waals surface area (Å²) in [5, 5.41) is 2.69. The Hall–Kier alpha value is -2.29. The fourth-order valence-electron chi connectivity index (χ4n) is 1.92. The second kappa shape index (κ2) is 5.36. The van der Waals surface area contributed by atoms with Crippen LogP contribution in [0.15, 0.2) is 48.5 Å². The summed E-state index contributed by atoms with van der Waals surface area (Å²) >= 11 is 0. The van der Waals surface area contributed by atoms with E-state index in [-0.39, 0.29) is 0 Å². The number of hydrogen-bond acceptors (Lipinski definition) is 1. The number of hydrogen-bond donors (Lipinski definition) is 2. The predicted octanol–water partition coefficient (Wildman–Crippen LogP) is 3.41. The number of amides is 2. The number of carbonyl (C=O) groups is 1. The summed E-state index contributed by atoms with van der Waals surface area (Å²) in [6.45, 7) is 2.07. The first kappa shape index (κ1) is 12.2. The molecule has 2 aromatic rings. The molecule has 0 heterocycles. The van der Waals surface area contributed by atoms with Crippen LogP contribution in [0.1, 0.15) is 12.5 Å². The van der Waals surface area contributed by atoms with Gasteiger partial charge in [-0.2, -0.15) is 0 Å². The van der Waals surface area contributed by atoms with E-state index in [0.29, 0.717) is 0 Å². The average molecular weight is 240 g/mol. The average Bonchev–Trinajstić information content (AvgIpc) is 2.39. The lowest BCUT2D eigenvalue weighted by atomic mass is 10.0. The third kappa shape index (κ3) is 2.69. The van der Waals surface area contributed by atoms with Gasteiger partial charge in [0.2, 0.25) is 0 Å². The van der Waals surface area contributed by atoms with Crippen LogP contribution in [0.2, 0.25) is 0 Å². The third-order valence-electron chi connectivity index (χ3n) is 2.83. The van der Waals surface area contributed by atoms with Gasteiger partial charge in [0.15, 0.2) is 0 Å². The van der Waals surface area contributed by atoms with Crippen molar-refractivity contribution in [3.05, 3.63) is 54.1 Å². The van der Waals surface area contributed by atoms with E-state index >= 15 is 0 Å². The van der Waals surface area contributed by atoms with Crippen LogP contribution in [-0.2, 0) is 6.42 Å². The van der Waals surface area contributed by atoms with Gasteiger partial charge in [0.25, 0.3) is 0 Å². The van der Waals surface area contributed by atoms with Crippen LogP contribution in [0.25, 0.3) is 11.1 Å². The van der Waals surface area contributed by atoms with Gasteiger partial charge in [0.05, 0.1) is 5.69 Å². The van der Waals surface area contributed by atoms with E-state index in [1.807, 2.05) is 42.5 Å². The van der Waals surface area contributed by atoms with Crippen molar-refractivity contribution in [3.63, 3.8) is 0 Å². The van der Waals surface area contributed by atoms with Gasteiger partial charge in [0.1, 0.15) is 0 Å². The molecule has 92 valence electrons. The predicted molar refractivity (Wildman–Crippen MR) is 74.5 cm³/mol. The molecule has 2 amide bonds. The maximum atomic E-state index is 11.1. The van der Waals surface area contributed by atoms with Gasteiger partial charge in [-0.05, 0) is 23.6 Å². The van der Waals surface area contributed by atoms with Crippen molar-refractivity contribution in [2.75, 3.05) is 5.32 Å². The first-order valence-corrected chi connectivity index (χ1v) is 5.95. The number of anilines is 1. The minimum atomic E-state index is -0.541. The van der Waals surface area contributed by atoms with Gasteiger partial charge in [-0.3, -0.25) is 0 Å². The molecule has 18 heavy (non-hydrogen) atoms. The number of aryl methyl sites for hydroxylation is 1. The molecule has 0 fully saturated rings. The van der Waals surface area contributed by atoms with Crippen LogP contribution in [-0.4, -0.2) is 6.03 Å². The van der Waals surface area contributed by atoms with Crippen LogP contribution in [0.4, 0.5) is 10.5 Å². The first-order chi connectivity index (χ1) is 8.70. The van der Waals surface area contributed by atoms with Gasteiger partial charge in [-0.1, -0.05) is 49.4 Å². The molecule has 0 aromatic heterocycles. The minimum Gasteiger partial charge on any atom is -0.351 e. The van der Waals surface area contributed by atoms with E-state index in [1.165, 1.54) is 5.56 Å². The molecule has 0 aliphatic carbocycles. The second-order valence-electron chi connectivity index (χ2n) is 4.09. The highest BCUT2D eigenvalue weighted by Gasteiger charge is 2.07. The number of rotatable bonds is 3. The lowest BCUT2D eigenvalue weighted by molar-refractivity contribution is 0.259. The monoisotopic (exact) mass is 240 g/mol. The summed E-state index contributed by atoms with van der Waals surface area (Å²) in [7, 11) is 0. The lowest BCUT2D eigenvalue weighted by Gasteiger charge is -2.11. The Bertz CT molecular complexity index is 550. The van der Waals surface area contributed by atoms with E-state index in [0.717, 1.165) is 23.2 Å². The van der Waals surface area contributed by atoms with Gasteiger partial charge in [0, 0.05) is 5.56 Å². The van der Waals surface area contributed by atoms with Crippen molar-refractivity contribution in [2.24, 2.45) is 5.73 Å². The summed E-state index contributed by atoms with van der Waals surface area (Å²) in [5.41, 5.74) is 9.17. The molecule has 0 radical (unpaired) electrons. The van der Waals surface area contributed by atoms with E-state index in [1.54, 1.807) is 0 Å². The van der Waals surface area contributed by atoms with Gasteiger partial charge >= 0.3 is 6.03 Å². The number of urea groups is 1. The zero-order chi connectivity index (χ0) is 13.0. The molecule has 0 saturated heterocycles. The Morgan fingerprint density at radius 1 is 1.17 bits per heavy atom. The fourth-order valence-corrected chi connectivity index (χ4v) is 1.92. The van der Waals surface area contributed by atoms with Crippen molar-refractivity contribution >= 4 is 11.7 Å². The summed E-state index contributed by atoms with van der Waals surface area (Å²) in [4.78, 5) is 11.1. The van der Waals surface area contributed by atoms with Crippen LogP contribution in [0, 0.1) is 0 Å². The molecule has 0 spiro atoms. The minimum absolute atomic E-state index is 0.541. The van der Waals surface area contributed by atoms with Crippen LogP contribution in [0.5, 0.6) is 0 Å². The number of nitrogens with two attached hydrogens (primary N) is 1. The molecule has 0 aliphatic heterocycles. The number of nitrogens with one attached hydrogen (secondary N) is 1. The zero-order valence-electron chi connectivity index (χ0n) is 10.3. The van der Waals surface area contributed by atoms with E-state index < -0.39 is 6.03 Å². The normalized spacial score (nSPS) is 10.1. The second-order valence-corrected chi connectivity index (χ2v) is 4.09. The Labute approximate surface area is 107 Å². The standard InChI is InChI=1S/C15H16N2O/c1-2-11-8-9-13(12-6-4-3-5-7-12)14(10-11)17-15(16)18/h3-10H,2H2,1H3,(H3,16,17,18). The molecule has 0 saturated carbocycles. The summed E-state index contributed by atoms with van der Waals surface area (Å²) in [5.74, 6) is 0. The fraction of sp³-hybridized carbons (Fsp3) is 0.133. The van der Waals surface area contributed by atoms with E-state index in [4.69, 9.17) is 5.73 Å². The van der Waals surface area contributed by atoms with Crippen LogP contribution < -0.4 is 11.1 Å². The van der Waals surface area contributed by atoms with Crippen LogP contribution >= 0.6 is 0 Å². The maximum absolute atomic E-state index is 11.1. The first-order valence-electron chi connectivity index (χ1n) is 5.95. The molecule has 2 aromatic carbocycles. The number of carbonyl (C=O) groups excluding carboxylic acids is 1. The summed E-state index contributed by atoms with van der Waals surface area (Å²) in [6, 6.07) is 15.4. The highest BCUT2D eigenvalue weighted by atomic mass is 16.2. The molecular weight excluding hydrogens is 224 g/mol. The molecule has 2 rings (SSSR count). The summed E-state index contributed by atoms with van der Waals surface area (Å²) < 4.78 is 0. The van der Waals surface area contributed by atoms with Crippen LogP contribution in [0.3, 0.4) is 0 Å². The Kier molecular flexibility index (Phi) is 3.63. The van der Waals surface area contributed by atoms with Gasteiger partial charge in [-0.15, -0.1) is 0 Å². The molecule has 0 unspecified atom stereocenters. The maximum Gasteiger partial charge on any atom is 0.316 e. The largest absolute Gasteiger partial charge is 0.351 e. The molecule has 3 nitrogen and oxygen atoms in total. The highest BCUT2D eigenvalue weighted by Crippen LogP contribution is 2.29. The smallest absolute Gasteiger partial charge is 0.316 e. The molecular formula is C15H16N2O. The number of benzene rings is 2. The Balaban J connectivity index is 2.49. The van der Waals surface area contributed by atoms with Gasteiger partial charge in [-0.25, -0.2) is 4.79 Å². The summed E-state index contributed by atoms with van der Waals surface area (Å²) in [6.07, 6.45) is 0.919. The molecule has 0 aliphatic rings. The Morgan fingerprint density at radius 2 is 1.89 bits per heavy atom. The van der Waals surface area contributed by atoms with Crippen molar-refractivity contribution in [1.82, 2.24) is 0 Å². The third-order valence-corrected chi connectivity index (χ3v) is 2.83. The van der Waals surface area contributed by atoms with E-state index in [9.17, 15) is 4.79 Å². The highest BCUT2D eigenvalue weighted by molar-refractivity contribution is 5.93. The topological polar surface area (TPSA) is 55.1 Å². The lowest BCUT2D eigenvalue weighted by Crippen LogP contribution is -2.19. The number of primary amides is 1. The van der Waals surface area contributed by atoms with Crippen molar-refractivity contribution in [2.45, 2.75) is 13.3 Å². The quantitative estimate of drug-likeness (QED) is 0.848. The molecule has 0 bridgehead atoms. The van der Waals surface area contributed by atoms with Crippen molar-refractivity contribution in [1.29, 1.82) is 0 Å². The van der Waals surface area contributed by atoms with Gasteiger partial charge < -0.3 is 11.1 Å². The SMILES string of the molecule is CCc1ccc(-c2ccccc2)c(NC(N)=O)c1.